The number of nitrogens with zero attached hydrogens (tertiary/aromatic N) is 16. The second-order valence-corrected chi connectivity index (χ2v) is 37.3. The van der Waals surface area contributed by atoms with Crippen molar-refractivity contribution in [1.82, 2.24) is 98.4 Å². The smallest absolute Gasteiger partial charge is 0.254 e. The summed E-state index contributed by atoms with van der Waals surface area (Å²) in [4.78, 5) is 81.0. The fourth-order valence-corrected chi connectivity index (χ4v) is 19.5. The van der Waals surface area contributed by atoms with Crippen LogP contribution in [0.15, 0.2) is 299 Å². The van der Waals surface area contributed by atoms with E-state index in [1.54, 1.807) is 49.1 Å². The molecule has 0 spiro atoms. The SMILES string of the molecule is CC1(O)CCN(C(=O)C(c2ccccc2)n2ccc3[nH]ncc3c2=S)CC1.CC1(O)CCN(C(=O)C(c2ccccc2)n2ccc3[nH]ncc3c2=S)CC1.CCN(C(=O)C(c1ccccc1)n1ccc2[nH]ncc2c1=S)C(C)C.CN(C(=O)C(c1ccccc1)n1ccc2[nH]ncc2c1=S)c1ccccc1.O=C(C(c1ccccc1)n1ccc2[nH]ncc2c1=S)N1CCC(O)(c2ccccn2)CC1. The van der Waals surface area contributed by atoms with E-state index < -0.39 is 47.0 Å². The van der Waals surface area contributed by atoms with E-state index in [0.717, 1.165) is 88.0 Å². The van der Waals surface area contributed by atoms with Crippen LogP contribution in [-0.4, -0.2) is 213 Å². The van der Waals surface area contributed by atoms with Crippen LogP contribution in [0.25, 0.3) is 54.5 Å². The van der Waals surface area contributed by atoms with Crippen LogP contribution in [0.5, 0.6) is 0 Å². The number of amides is 5. The van der Waals surface area contributed by atoms with Gasteiger partial charge in [0.05, 0.1) is 102 Å². The summed E-state index contributed by atoms with van der Waals surface area (Å²) in [5, 5.41) is 70.6. The number of pyridine rings is 6. The van der Waals surface area contributed by atoms with Crippen molar-refractivity contribution in [3.05, 3.63) is 355 Å². The minimum absolute atomic E-state index is 0.00403. The molecule has 0 aliphatic carbocycles. The molecule has 0 saturated carbocycles. The zero-order chi connectivity index (χ0) is 96.9. The highest BCUT2D eigenvalue weighted by atomic mass is 32.1. The van der Waals surface area contributed by atoms with Crippen LogP contribution < -0.4 is 4.90 Å². The maximum absolute atomic E-state index is 13.8. The number of H-pyrrole nitrogens is 5. The Balaban J connectivity index is 0.000000125. The summed E-state index contributed by atoms with van der Waals surface area (Å²) in [6.07, 6.45) is 22.6. The highest BCUT2D eigenvalue weighted by Crippen LogP contribution is 2.37. The third kappa shape index (κ3) is 21.3. The van der Waals surface area contributed by atoms with Crippen molar-refractivity contribution in [2.45, 2.75) is 126 Å². The minimum atomic E-state index is -1.02. The molecule has 3 fully saturated rings. The Morgan fingerprint density at radius 2 is 0.609 bits per heavy atom. The van der Waals surface area contributed by atoms with E-state index in [1.807, 2.05) is 339 Å². The molecule has 5 amide bonds. The average molecular weight is 1940 g/mol. The number of anilines is 1. The number of carbonyl (C=O) groups excluding carboxylic acids is 5. The number of benzene rings is 6. The average Bonchev–Trinajstić information content (AvgIpc) is 1.38. The Morgan fingerprint density at radius 1 is 0.355 bits per heavy atom. The molecule has 0 bridgehead atoms. The molecule has 34 heteroatoms. The second-order valence-electron chi connectivity index (χ2n) is 35.4. The monoisotopic (exact) mass is 1940 g/mol. The van der Waals surface area contributed by atoms with Crippen LogP contribution in [0.1, 0.15) is 137 Å². The first-order valence-corrected chi connectivity index (χ1v) is 47.8. The van der Waals surface area contributed by atoms with Crippen molar-refractivity contribution < 1.29 is 39.3 Å². The Morgan fingerprint density at radius 3 is 0.877 bits per heavy atom. The molecule has 17 aromatic rings. The molecule has 14 heterocycles. The summed E-state index contributed by atoms with van der Waals surface area (Å²) in [7, 11) is 1.79. The number of fused-ring (bicyclic) bond motifs is 5. The largest absolute Gasteiger partial charge is 0.390 e. The topological polar surface area (TPSA) is 343 Å². The molecule has 5 unspecified atom stereocenters. The van der Waals surface area contributed by atoms with Crippen molar-refractivity contribution in [2.75, 3.05) is 57.8 Å². The molecule has 3 aliphatic heterocycles. The van der Waals surface area contributed by atoms with Gasteiger partial charge in [0.2, 0.25) is 17.7 Å². The Labute approximate surface area is 822 Å². The van der Waals surface area contributed by atoms with Gasteiger partial charge < -0.3 is 62.7 Å². The Kier molecular flexibility index (Phi) is 30.3. The number of aromatic amines is 5. The number of aromatic nitrogens is 16. The van der Waals surface area contributed by atoms with Crippen LogP contribution in [0.4, 0.5) is 5.69 Å². The number of aliphatic hydroxyl groups is 3. The molecule has 706 valence electrons. The first-order chi connectivity index (χ1) is 66.7. The van der Waals surface area contributed by atoms with Gasteiger partial charge in [0, 0.05) is 102 Å². The standard InChI is InChI=1S/C24H23N5O2S.C21H18N4OS.2C20H22N4O2S.C19H22N4OS/c30-22(28-14-10-24(31,11-15-28)20-8-4-5-12-25-20)21(17-6-2-1-3-7-17)29-13-9-19-18(23(29)32)16-26-27-19;1-24(16-10-6-3-7-11-16)20(26)19(15-8-4-2-5-9-15)25-13-12-18-17(21(25)27)14-22-23-18;2*1-20(26)8-11-23(12-9-20)18(25)17(14-5-3-2-4-6-14)24-10-7-16-15(19(24)27)13-21-22-16;1-4-22(13(2)3)18(24)17(14-8-6-5-7-9-14)23-11-10-16-15(19(23)25)12-20-21-16/h1-9,12-13,16,21,31H,10-11,14-15H2,(H,26,27);2-14,19H,1H3,(H,22,23);2*2-7,10,13,17,26H,8-9,11-12H2,1H3,(H,21,22);5-13,17H,4H2,1-3H3,(H,20,21). The number of carbonyl (C=O) groups is 5. The maximum Gasteiger partial charge on any atom is 0.254 e. The van der Waals surface area contributed by atoms with Crippen molar-refractivity contribution in [3.8, 4) is 0 Å². The lowest BCUT2D eigenvalue weighted by molar-refractivity contribution is -0.139. The number of para-hydroxylation sites is 1. The zero-order valence-electron chi connectivity index (χ0n) is 77.0. The molecule has 20 rings (SSSR count). The van der Waals surface area contributed by atoms with Crippen molar-refractivity contribution >= 4 is 151 Å². The van der Waals surface area contributed by atoms with E-state index in [2.05, 4.69) is 56.0 Å². The zero-order valence-corrected chi connectivity index (χ0v) is 81.1. The molecule has 3 saturated heterocycles. The summed E-state index contributed by atoms with van der Waals surface area (Å²) < 4.78 is 12.1. The van der Waals surface area contributed by atoms with Gasteiger partial charge in [-0.1, -0.05) is 237 Å². The van der Waals surface area contributed by atoms with Gasteiger partial charge in [0.15, 0.2) is 0 Å². The van der Waals surface area contributed by atoms with Crippen molar-refractivity contribution in [1.29, 1.82) is 0 Å². The summed E-state index contributed by atoms with van der Waals surface area (Å²) >= 11 is 28.4. The predicted molar refractivity (Wildman–Crippen MR) is 547 cm³/mol. The van der Waals surface area contributed by atoms with Gasteiger partial charge in [-0.2, -0.15) is 25.5 Å². The summed E-state index contributed by atoms with van der Waals surface area (Å²) in [6.45, 7) is 13.4. The van der Waals surface area contributed by atoms with E-state index in [-0.39, 0.29) is 35.6 Å². The van der Waals surface area contributed by atoms with Gasteiger partial charge in [-0.15, -0.1) is 0 Å². The van der Waals surface area contributed by atoms with E-state index in [9.17, 15) is 39.3 Å². The highest BCUT2D eigenvalue weighted by Gasteiger charge is 2.41. The summed E-state index contributed by atoms with van der Waals surface area (Å²) in [6, 6.07) is 70.5. The molecule has 6 aromatic carbocycles. The minimum Gasteiger partial charge on any atom is -0.390 e. The lowest BCUT2D eigenvalue weighted by Crippen LogP contribution is -2.47. The first kappa shape index (κ1) is 97.0. The predicted octanol–water partition coefficient (Wildman–Crippen LogP) is 18.0. The van der Waals surface area contributed by atoms with Crippen LogP contribution in [0, 0.1) is 23.2 Å². The molecule has 8 N–H and O–H groups in total. The van der Waals surface area contributed by atoms with E-state index in [1.165, 1.54) is 0 Å². The Bertz CT molecular complexity index is 7260. The van der Waals surface area contributed by atoms with Crippen molar-refractivity contribution in [2.24, 2.45) is 0 Å². The van der Waals surface area contributed by atoms with Gasteiger partial charge >= 0.3 is 0 Å². The van der Waals surface area contributed by atoms with Crippen LogP contribution in [-0.2, 0) is 29.6 Å². The van der Waals surface area contributed by atoms with Gasteiger partial charge in [-0.05, 0) is 156 Å². The Hall–Kier alpha value is -14.1. The normalized spacial score (nSPS) is 15.4. The summed E-state index contributed by atoms with van der Waals surface area (Å²) in [5.41, 5.74) is 7.76. The summed E-state index contributed by atoms with van der Waals surface area (Å²) in [5.74, 6) is -0.0708. The molecule has 29 nitrogen and oxygen atoms in total. The number of nitrogens with one attached hydrogen (secondary N) is 5. The number of hydrogen-bond acceptors (Lipinski definition) is 19. The van der Waals surface area contributed by atoms with E-state index in [0.29, 0.717) is 113 Å². The molecular formula is C104H107N21O8S5. The van der Waals surface area contributed by atoms with Crippen molar-refractivity contribution in [3.63, 3.8) is 0 Å². The van der Waals surface area contributed by atoms with Gasteiger partial charge in [0.25, 0.3) is 11.8 Å². The first-order valence-electron chi connectivity index (χ1n) is 45.7. The number of likely N-dealkylation sites (tertiary alicyclic amines) is 3. The van der Waals surface area contributed by atoms with Crippen LogP contribution in [0.3, 0.4) is 0 Å². The third-order valence-electron chi connectivity index (χ3n) is 25.9. The van der Waals surface area contributed by atoms with Gasteiger partial charge in [-0.3, -0.25) is 54.5 Å². The van der Waals surface area contributed by atoms with E-state index >= 15 is 0 Å². The van der Waals surface area contributed by atoms with Gasteiger partial charge in [-0.25, -0.2) is 0 Å². The quantitative estimate of drug-likeness (QED) is 0.0349. The third-order valence-corrected chi connectivity index (χ3v) is 28.0. The number of likely N-dealkylation sites (N-methyl/N-ethyl adjacent to an activating group) is 2. The second kappa shape index (κ2) is 43.1. The van der Waals surface area contributed by atoms with Crippen LogP contribution in [0.2, 0.25) is 0 Å². The molecular weight excluding hydrogens is 1830 g/mol. The molecule has 11 aromatic heterocycles. The fourth-order valence-electron chi connectivity index (χ4n) is 17.9. The van der Waals surface area contributed by atoms with Gasteiger partial charge in [0.1, 0.15) is 59.0 Å². The number of piperidine rings is 3. The molecule has 0 radical (unpaired) electrons. The lowest BCUT2D eigenvalue weighted by atomic mass is 9.87. The van der Waals surface area contributed by atoms with Crippen LogP contribution >= 0.6 is 61.1 Å². The maximum atomic E-state index is 13.8. The van der Waals surface area contributed by atoms with E-state index in [4.69, 9.17) is 61.1 Å². The number of rotatable bonds is 19. The number of hydrogen-bond donors (Lipinski definition) is 8. The fraction of sp³-hybridized carbons (Fsp3) is 0.269. The highest BCUT2D eigenvalue weighted by molar-refractivity contribution is 7.72. The lowest BCUT2D eigenvalue weighted by Gasteiger charge is -2.39. The molecule has 5 atom stereocenters. The molecule has 138 heavy (non-hydrogen) atoms. The molecule has 3 aliphatic rings.